The molecule has 0 radical (unpaired) electrons. The molecular formula is C19H19ClN4O3S3. The normalized spacial score (nSPS) is 11.5. The van der Waals surface area contributed by atoms with Crippen LogP contribution in [0.25, 0.3) is 10.6 Å². The van der Waals surface area contributed by atoms with Gasteiger partial charge in [-0.1, -0.05) is 48.9 Å². The maximum atomic E-state index is 12.9. The van der Waals surface area contributed by atoms with E-state index in [1.54, 1.807) is 44.2 Å². The number of hydrogen-bond acceptors (Lipinski definition) is 7. The van der Waals surface area contributed by atoms with Gasteiger partial charge in [-0.2, -0.15) is 0 Å². The average Bonchev–Trinajstić information content (AvgIpc) is 3.16. The highest BCUT2D eigenvalue weighted by Crippen LogP contribution is 2.31. The van der Waals surface area contributed by atoms with E-state index in [4.69, 9.17) is 11.6 Å². The summed E-state index contributed by atoms with van der Waals surface area (Å²) in [6, 6.07) is 11.6. The molecule has 7 nitrogen and oxygen atoms in total. The smallest absolute Gasteiger partial charge is 0.263 e. The van der Waals surface area contributed by atoms with Crippen molar-refractivity contribution >= 4 is 61.4 Å². The third kappa shape index (κ3) is 5.31. The molecule has 11 heteroatoms. The number of benzene rings is 2. The number of carbonyl (C=O) groups excluding carboxylic acids is 1. The van der Waals surface area contributed by atoms with Crippen molar-refractivity contribution < 1.29 is 13.2 Å². The molecule has 0 aliphatic carbocycles. The van der Waals surface area contributed by atoms with Crippen LogP contribution in [0.2, 0.25) is 5.02 Å². The van der Waals surface area contributed by atoms with Gasteiger partial charge in [0.05, 0.1) is 10.6 Å². The van der Waals surface area contributed by atoms with Gasteiger partial charge in [-0.25, -0.2) is 8.42 Å². The maximum Gasteiger partial charge on any atom is 0.263 e. The second-order valence-electron chi connectivity index (χ2n) is 6.53. The molecule has 0 bridgehead atoms. The Morgan fingerprint density at radius 1 is 1.13 bits per heavy atom. The van der Waals surface area contributed by atoms with Crippen molar-refractivity contribution in [1.29, 1.82) is 0 Å². The number of halogens is 1. The number of amides is 1. The number of rotatable bonds is 7. The van der Waals surface area contributed by atoms with Crippen LogP contribution in [0, 0.1) is 5.92 Å². The highest BCUT2D eigenvalue weighted by molar-refractivity contribution is 7.98. The Labute approximate surface area is 188 Å². The molecule has 158 valence electrons. The molecule has 0 fully saturated rings. The van der Waals surface area contributed by atoms with Crippen LogP contribution in [-0.4, -0.2) is 30.8 Å². The minimum Gasteiger partial charge on any atom is -0.325 e. The molecule has 0 saturated carbocycles. The highest BCUT2D eigenvalue weighted by atomic mass is 35.5. The van der Waals surface area contributed by atoms with Crippen molar-refractivity contribution in [1.82, 2.24) is 10.2 Å². The number of carbonyl (C=O) groups is 1. The summed E-state index contributed by atoms with van der Waals surface area (Å²) in [5.74, 6) is -0.421. The van der Waals surface area contributed by atoms with Gasteiger partial charge in [-0.3, -0.25) is 9.52 Å². The van der Waals surface area contributed by atoms with Gasteiger partial charge in [0, 0.05) is 21.4 Å². The number of nitrogens with zero attached hydrogens (tertiary/aromatic N) is 2. The molecule has 1 heterocycles. The Kier molecular flexibility index (Phi) is 7.02. The van der Waals surface area contributed by atoms with Crippen LogP contribution in [0.15, 0.2) is 52.3 Å². The fourth-order valence-corrected chi connectivity index (χ4v) is 5.04. The molecular weight excluding hydrogens is 464 g/mol. The Bertz CT molecular complexity index is 1160. The first-order chi connectivity index (χ1) is 14.2. The molecule has 1 aromatic heterocycles. The zero-order valence-electron chi connectivity index (χ0n) is 16.3. The van der Waals surface area contributed by atoms with E-state index < -0.39 is 10.0 Å². The summed E-state index contributed by atoms with van der Waals surface area (Å²) in [5.41, 5.74) is 1.23. The lowest BCUT2D eigenvalue weighted by atomic mass is 10.2. The fourth-order valence-electron chi connectivity index (χ4n) is 2.38. The summed E-state index contributed by atoms with van der Waals surface area (Å²) in [4.78, 5) is 12.9. The first-order valence-electron chi connectivity index (χ1n) is 8.81. The highest BCUT2D eigenvalue weighted by Gasteiger charge is 2.20. The summed E-state index contributed by atoms with van der Waals surface area (Å²) in [5, 5.41) is 12.0. The molecule has 30 heavy (non-hydrogen) atoms. The number of sulfonamides is 1. The van der Waals surface area contributed by atoms with Gasteiger partial charge >= 0.3 is 0 Å². The molecule has 0 saturated heterocycles. The van der Waals surface area contributed by atoms with Gasteiger partial charge in [0.25, 0.3) is 10.0 Å². The van der Waals surface area contributed by atoms with Crippen molar-refractivity contribution in [2.24, 2.45) is 5.92 Å². The predicted molar refractivity (Wildman–Crippen MR) is 123 cm³/mol. The third-order valence-corrected chi connectivity index (χ3v) is 7.40. The van der Waals surface area contributed by atoms with Crippen LogP contribution in [0.3, 0.4) is 0 Å². The number of hydrogen-bond donors (Lipinski definition) is 2. The number of anilines is 2. The van der Waals surface area contributed by atoms with Crippen molar-refractivity contribution in [2.75, 3.05) is 16.3 Å². The number of thioether (sulfide) groups is 1. The molecule has 0 atom stereocenters. The maximum absolute atomic E-state index is 12.9. The van der Waals surface area contributed by atoms with E-state index in [0.717, 1.165) is 21.8 Å². The van der Waals surface area contributed by atoms with Crippen LogP contribution >= 0.6 is 34.7 Å². The zero-order chi connectivity index (χ0) is 21.9. The Balaban J connectivity index is 1.85. The molecule has 1 amide bonds. The topological polar surface area (TPSA) is 101 Å². The average molecular weight is 483 g/mol. The van der Waals surface area contributed by atoms with E-state index in [1.807, 2.05) is 6.26 Å². The van der Waals surface area contributed by atoms with Gasteiger partial charge < -0.3 is 5.32 Å². The SMILES string of the molecule is CSc1ccc(S(=O)(=O)Nc2nnc(-c3ccc(Cl)cc3)s2)cc1NC(=O)C(C)C. The second-order valence-corrected chi connectivity index (χ2v) is 10.5. The number of aromatic nitrogens is 2. The zero-order valence-corrected chi connectivity index (χ0v) is 19.5. The summed E-state index contributed by atoms with van der Waals surface area (Å²) in [7, 11) is -3.92. The van der Waals surface area contributed by atoms with E-state index in [-0.39, 0.29) is 21.9 Å². The van der Waals surface area contributed by atoms with E-state index >= 15 is 0 Å². The molecule has 2 aromatic carbocycles. The van der Waals surface area contributed by atoms with Gasteiger partial charge in [0.1, 0.15) is 5.01 Å². The molecule has 2 N–H and O–H groups in total. The number of nitrogens with one attached hydrogen (secondary N) is 2. The van der Waals surface area contributed by atoms with E-state index in [2.05, 4.69) is 20.2 Å². The van der Waals surface area contributed by atoms with Crippen LogP contribution in [0.4, 0.5) is 10.8 Å². The Morgan fingerprint density at radius 3 is 2.47 bits per heavy atom. The molecule has 3 rings (SSSR count). The van der Waals surface area contributed by atoms with Crippen molar-refractivity contribution in [3.8, 4) is 10.6 Å². The van der Waals surface area contributed by atoms with Crippen molar-refractivity contribution in [3.05, 3.63) is 47.5 Å². The minimum atomic E-state index is -3.92. The summed E-state index contributed by atoms with van der Waals surface area (Å²) >= 11 is 8.42. The van der Waals surface area contributed by atoms with Crippen LogP contribution in [-0.2, 0) is 14.8 Å². The monoisotopic (exact) mass is 482 g/mol. The van der Waals surface area contributed by atoms with E-state index in [0.29, 0.717) is 15.7 Å². The summed E-state index contributed by atoms with van der Waals surface area (Å²) in [6.45, 7) is 3.54. The quantitative estimate of drug-likeness (QED) is 0.461. The van der Waals surface area contributed by atoms with E-state index in [1.165, 1.54) is 23.9 Å². The lowest BCUT2D eigenvalue weighted by Gasteiger charge is -2.13. The lowest BCUT2D eigenvalue weighted by molar-refractivity contribution is -0.118. The predicted octanol–water partition coefficient (Wildman–Crippen LogP) is 4.98. The second kappa shape index (κ2) is 9.34. The molecule has 0 aliphatic heterocycles. The largest absolute Gasteiger partial charge is 0.325 e. The lowest BCUT2D eigenvalue weighted by Crippen LogP contribution is -2.19. The van der Waals surface area contributed by atoms with Gasteiger partial charge in [0.15, 0.2) is 0 Å². The molecule has 0 spiro atoms. The Morgan fingerprint density at radius 2 is 1.83 bits per heavy atom. The summed E-state index contributed by atoms with van der Waals surface area (Å²) < 4.78 is 28.2. The molecule has 0 aliphatic rings. The van der Waals surface area contributed by atoms with Crippen molar-refractivity contribution in [3.63, 3.8) is 0 Å². The van der Waals surface area contributed by atoms with Gasteiger partial charge in [-0.15, -0.1) is 22.0 Å². The fraction of sp³-hybridized carbons (Fsp3) is 0.211. The molecule has 3 aromatic rings. The van der Waals surface area contributed by atoms with Gasteiger partial charge in [0.2, 0.25) is 11.0 Å². The standard InChI is InChI=1S/C19H19ClN4O3S3/c1-11(2)17(25)21-15-10-14(8-9-16(15)28-3)30(26,27)24-19-23-22-18(29-19)12-4-6-13(20)7-5-12/h4-11H,1-3H3,(H,21,25)(H,23,24). The van der Waals surface area contributed by atoms with Crippen LogP contribution < -0.4 is 10.0 Å². The van der Waals surface area contributed by atoms with Crippen LogP contribution in [0.1, 0.15) is 13.8 Å². The summed E-state index contributed by atoms with van der Waals surface area (Å²) in [6.07, 6.45) is 1.85. The van der Waals surface area contributed by atoms with Gasteiger partial charge in [-0.05, 0) is 36.6 Å². The van der Waals surface area contributed by atoms with E-state index in [9.17, 15) is 13.2 Å². The first kappa shape index (κ1) is 22.5. The van der Waals surface area contributed by atoms with Crippen LogP contribution in [0.5, 0.6) is 0 Å². The van der Waals surface area contributed by atoms with Crippen molar-refractivity contribution in [2.45, 2.75) is 23.6 Å². The minimum absolute atomic E-state index is 0.0163. The molecule has 0 unspecified atom stereocenters. The Hall–Kier alpha value is -2.14. The third-order valence-electron chi connectivity index (χ3n) is 4.00. The first-order valence-corrected chi connectivity index (χ1v) is 12.7.